The maximum absolute atomic E-state index is 4.57. The van der Waals surface area contributed by atoms with Gasteiger partial charge < -0.3 is 0 Å². The van der Waals surface area contributed by atoms with E-state index in [2.05, 4.69) is 62.2 Å². The number of hydrogen-bond donors (Lipinski definition) is 0. The van der Waals surface area contributed by atoms with E-state index in [4.69, 9.17) is 0 Å². The van der Waals surface area contributed by atoms with Crippen molar-refractivity contribution in [1.82, 2.24) is 15.0 Å². The number of aromatic nitrogens is 3. The number of nitrogens with zero attached hydrogens (tertiary/aromatic N) is 3. The summed E-state index contributed by atoms with van der Waals surface area (Å²) in [6.07, 6.45) is 1.16. The maximum Gasteiger partial charge on any atom is 0.113 e. The van der Waals surface area contributed by atoms with Gasteiger partial charge in [-0.2, -0.15) is 4.80 Å². The van der Waals surface area contributed by atoms with Crippen LogP contribution in [0, 0.1) is 5.92 Å². The van der Waals surface area contributed by atoms with Crippen molar-refractivity contribution in [1.29, 1.82) is 0 Å². The Kier molecular flexibility index (Phi) is 3.73. The summed E-state index contributed by atoms with van der Waals surface area (Å²) < 4.78 is 0. The minimum absolute atomic E-state index is 0.150. The van der Waals surface area contributed by atoms with Crippen LogP contribution >= 0.6 is 0 Å². The number of hydrogen-bond acceptors (Lipinski definition) is 2. The first-order chi connectivity index (χ1) is 10.5. The van der Waals surface area contributed by atoms with Gasteiger partial charge in [0, 0.05) is 0 Å². The average Bonchev–Trinajstić information content (AvgIpc) is 2.90. The molecule has 0 aliphatic heterocycles. The monoisotopic (exact) mass is 293 g/mol. The summed E-state index contributed by atoms with van der Waals surface area (Å²) in [6.45, 7) is 9.15. The van der Waals surface area contributed by atoms with E-state index in [9.17, 15) is 0 Å². The first kappa shape index (κ1) is 14.8. The summed E-state index contributed by atoms with van der Waals surface area (Å²) in [6, 6.07) is 16.5. The second kappa shape index (κ2) is 5.56. The van der Waals surface area contributed by atoms with Gasteiger partial charge >= 0.3 is 0 Å². The molecule has 2 aromatic carbocycles. The second-order valence-electron chi connectivity index (χ2n) is 7.01. The van der Waals surface area contributed by atoms with E-state index in [0.717, 1.165) is 23.1 Å². The lowest BCUT2D eigenvalue weighted by molar-refractivity contribution is 0.399. The highest BCUT2D eigenvalue weighted by atomic mass is 15.5. The van der Waals surface area contributed by atoms with E-state index in [1.807, 2.05) is 24.3 Å². The molecule has 0 atom stereocenters. The van der Waals surface area contributed by atoms with E-state index < -0.39 is 0 Å². The van der Waals surface area contributed by atoms with Crippen LogP contribution in [0.15, 0.2) is 48.5 Å². The normalized spacial score (nSPS) is 12.2. The summed E-state index contributed by atoms with van der Waals surface area (Å²) in [5.74, 6) is 0.670. The Bertz CT molecular complexity index is 751. The molecule has 3 nitrogen and oxygen atoms in total. The first-order valence-electron chi connectivity index (χ1n) is 7.89. The van der Waals surface area contributed by atoms with Gasteiger partial charge in [0.05, 0.1) is 5.69 Å². The van der Waals surface area contributed by atoms with Gasteiger partial charge in [0.25, 0.3) is 0 Å². The van der Waals surface area contributed by atoms with Gasteiger partial charge in [-0.15, -0.1) is 10.2 Å². The molecule has 0 saturated heterocycles. The topological polar surface area (TPSA) is 30.7 Å². The molecule has 0 fully saturated rings. The summed E-state index contributed by atoms with van der Waals surface area (Å²) >= 11 is 0. The molecule has 0 aliphatic carbocycles. The standard InChI is InChI=1S/C19H23N3/c1-14(2)13-19(3,4)15-8-7-9-16(12-15)22-20-17-10-5-6-11-18(17)21-22/h5-12,14H,13H2,1-4H3. The van der Waals surface area contributed by atoms with Gasteiger partial charge in [0.15, 0.2) is 0 Å². The van der Waals surface area contributed by atoms with Gasteiger partial charge in [-0.3, -0.25) is 0 Å². The Morgan fingerprint density at radius 3 is 2.18 bits per heavy atom. The zero-order valence-electron chi connectivity index (χ0n) is 13.7. The van der Waals surface area contributed by atoms with Crippen molar-refractivity contribution in [2.24, 2.45) is 5.92 Å². The molecule has 0 bridgehead atoms. The summed E-state index contributed by atoms with van der Waals surface area (Å²) in [5, 5.41) is 9.15. The molecule has 3 aromatic rings. The van der Waals surface area contributed by atoms with E-state index in [0.29, 0.717) is 5.92 Å². The van der Waals surface area contributed by atoms with Crippen molar-refractivity contribution in [3.63, 3.8) is 0 Å². The molecule has 0 amide bonds. The Hall–Kier alpha value is -2.16. The lowest BCUT2D eigenvalue weighted by Gasteiger charge is -2.27. The quantitative estimate of drug-likeness (QED) is 0.695. The van der Waals surface area contributed by atoms with Gasteiger partial charge in [0.1, 0.15) is 11.0 Å². The SMILES string of the molecule is CC(C)CC(C)(C)c1cccc(-n2nc3ccccc3n2)c1. The fraction of sp³-hybridized carbons (Fsp3) is 0.368. The highest BCUT2D eigenvalue weighted by Crippen LogP contribution is 2.31. The van der Waals surface area contributed by atoms with E-state index >= 15 is 0 Å². The third kappa shape index (κ3) is 2.89. The Morgan fingerprint density at radius 2 is 1.59 bits per heavy atom. The van der Waals surface area contributed by atoms with E-state index in [1.54, 1.807) is 4.80 Å². The van der Waals surface area contributed by atoms with Crippen LogP contribution < -0.4 is 0 Å². The van der Waals surface area contributed by atoms with Crippen LogP contribution in [0.4, 0.5) is 0 Å². The third-order valence-electron chi connectivity index (χ3n) is 4.06. The summed E-state index contributed by atoms with van der Waals surface area (Å²) in [4.78, 5) is 1.74. The highest BCUT2D eigenvalue weighted by molar-refractivity contribution is 5.73. The molecule has 0 aliphatic rings. The van der Waals surface area contributed by atoms with Crippen LogP contribution in [0.1, 0.15) is 39.7 Å². The Morgan fingerprint density at radius 1 is 0.955 bits per heavy atom. The third-order valence-corrected chi connectivity index (χ3v) is 4.06. The summed E-state index contributed by atoms with van der Waals surface area (Å²) in [7, 11) is 0. The Balaban J connectivity index is 2.00. The van der Waals surface area contributed by atoms with Gasteiger partial charge in [0.2, 0.25) is 0 Å². The van der Waals surface area contributed by atoms with Crippen LogP contribution in [-0.4, -0.2) is 15.0 Å². The zero-order chi connectivity index (χ0) is 15.7. The highest BCUT2D eigenvalue weighted by Gasteiger charge is 2.22. The molecular formula is C19H23N3. The van der Waals surface area contributed by atoms with Crippen LogP contribution in [0.2, 0.25) is 0 Å². The van der Waals surface area contributed by atoms with Gasteiger partial charge in [-0.25, -0.2) is 0 Å². The van der Waals surface area contributed by atoms with E-state index in [1.165, 1.54) is 5.56 Å². The molecule has 3 rings (SSSR count). The molecule has 0 N–H and O–H groups in total. The largest absolute Gasteiger partial charge is 0.150 e. The molecule has 1 aromatic heterocycles. The lowest BCUT2D eigenvalue weighted by atomic mass is 9.78. The number of rotatable bonds is 4. The minimum Gasteiger partial charge on any atom is -0.150 e. The molecule has 22 heavy (non-hydrogen) atoms. The fourth-order valence-electron chi connectivity index (χ4n) is 3.16. The molecule has 114 valence electrons. The molecule has 1 heterocycles. The van der Waals surface area contributed by atoms with Crippen LogP contribution in [0.25, 0.3) is 16.7 Å². The van der Waals surface area contributed by atoms with Crippen LogP contribution in [-0.2, 0) is 5.41 Å². The van der Waals surface area contributed by atoms with E-state index in [-0.39, 0.29) is 5.41 Å². The number of benzene rings is 2. The maximum atomic E-state index is 4.57. The number of fused-ring (bicyclic) bond motifs is 1. The predicted octanol–water partition coefficient (Wildman–Crippen LogP) is 4.74. The lowest BCUT2D eigenvalue weighted by Crippen LogP contribution is -2.20. The van der Waals surface area contributed by atoms with Crippen molar-refractivity contribution in [2.75, 3.05) is 0 Å². The summed E-state index contributed by atoms with van der Waals surface area (Å²) in [5.41, 5.74) is 4.35. The second-order valence-corrected chi connectivity index (χ2v) is 7.01. The van der Waals surface area contributed by atoms with Crippen molar-refractivity contribution in [3.8, 4) is 5.69 Å². The minimum atomic E-state index is 0.150. The van der Waals surface area contributed by atoms with Crippen molar-refractivity contribution in [3.05, 3.63) is 54.1 Å². The fourth-order valence-corrected chi connectivity index (χ4v) is 3.16. The molecule has 3 heteroatoms. The average molecular weight is 293 g/mol. The predicted molar refractivity (Wildman–Crippen MR) is 91.3 cm³/mol. The molecule has 0 saturated carbocycles. The van der Waals surface area contributed by atoms with Crippen molar-refractivity contribution < 1.29 is 0 Å². The molecule has 0 radical (unpaired) electrons. The van der Waals surface area contributed by atoms with Gasteiger partial charge in [-0.1, -0.05) is 52.0 Å². The van der Waals surface area contributed by atoms with Crippen molar-refractivity contribution >= 4 is 11.0 Å². The van der Waals surface area contributed by atoms with Crippen LogP contribution in [0.3, 0.4) is 0 Å². The van der Waals surface area contributed by atoms with Crippen LogP contribution in [0.5, 0.6) is 0 Å². The molecule has 0 unspecified atom stereocenters. The van der Waals surface area contributed by atoms with Crippen molar-refractivity contribution in [2.45, 2.75) is 39.5 Å². The zero-order valence-corrected chi connectivity index (χ0v) is 13.7. The van der Waals surface area contributed by atoms with Gasteiger partial charge in [-0.05, 0) is 47.6 Å². The smallest absolute Gasteiger partial charge is 0.113 e. The molecule has 0 spiro atoms. The molecular weight excluding hydrogens is 270 g/mol. The Labute approximate surface area is 132 Å². The first-order valence-corrected chi connectivity index (χ1v) is 7.89.